The van der Waals surface area contributed by atoms with Gasteiger partial charge >= 0.3 is 0 Å². The number of nitrogens with one attached hydrogen (secondary N) is 1. The molecule has 1 heterocycles. The summed E-state index contributed by atoms with van der Waals surface area (Å²) >= 11 is 0. The summed E-state index contributed by atoms with van der Waals surface area (Å²) in [6, 6.07) is 18.7. The van der Waals surface area contributed by atoms with Crippen LogP contribution in [0.2, 0.25) is 0 Å². The first kappa shape index (κ1) is 18.1. The number of likely N-dealkylation sites (N-methyl/N-ethyl adjacent to an activating group) is 1. The molecule has 2 aromatic carbocycles. The van der Waals surface area contributed by atoms with E-state index in [-0.39, 0.29) is 11.8 Å². The molecule has 2 amide bonds. The lowest BCUT2D eigenvalue weighted by atomic mass is 10.0. The van der Waals surface area contributed by atoms with Crippen LogP contribution in [-0.4, -0.2) is 48.3 Å². The summed E-state index contributed by atoms with van der Waals surface area (Å²) in [5.41, 5.74) is 2.02. The Morgan fingerprint density at radius 2 is 1.73 bits per heavy atom. The zero-order valence-corrected chi connectivity index (χ0v) is 15.3. The lowest BCUT2D eigenvalue weighted by molar-refractivity contribution is -0.134. The molecule has 5 nitrogen and oxygen atoms in total. The SMILES string of the molecule is CN(C)C(C(=O)NC1CCN(Cc2ccccc2)C1=O)c1ccccc1. The van der Waals surface area contributed by atoms with Gasteiger partial charge in [-0.15, -0.1) is 0 Å². The van der Waals surface area contributed by atoms with Crippen molar-refractivity contribution in [1.82, 2.24) is 15.1 Å². The van der Waals surface area contributed by atoms with Crippen LogP contribution in [-0.2, 0) is 16.1 Å². The van der Waals surface area contributed by atoms with E-state index in [2.05, 4.69) is 5.32 Å². The van der Waals surface area contributed by atoms with Crippen LogP contribution >= 0.6 is 0 Å². The quantitative estimate of drug-likeness (QED) is 0.868. The first-order valence-electron chi connectivity index (χ1n) is 8.90. The Morgan fingerprint density at radius 1 is 1.12 bits per heavy atom. The van der Waals surface area contributed by atoms with E-state index in [0.29, 0.717) is 19.5 Å². The Morgan fingerprint density at radius 3 is 2.35 bits per heavy atom. The van der Waals surface area contributed by atoms with Crippen LogP contribution < -0.4 is 5.32 Å². The number of amides is 2. The average molecular weight is 351 g/mol. The number of benzene rings is 2. The summed E-state index contributed by atoms with van der Waals surface area (Å²) in [4.78, 5) is 29.2. The second-order valence-electron chi connectivity index (χ2n) is 6.87. The predicted octanol–water partition coefficient (Wildman–Crippen LogP) is 2.21. The van der Waals surface area contributed by atoms with E-state index in [9.17, 15) is 9.59 Å². The summed E-state index contributed by atoms with van der Waals surface area (Å²) in [6.07, 6.45) is 0.645. The van der Waals surface area contributed by atoms with Gasteiger partial charge < -0.3 is 10.2 Å². The molecule has 1 saturated heterocycles. The van der Waals surface area contributed by atoms with Crippen molar-refractivity contribution in [2.75, 3.05) is 20.6 Å². The van der Waals surface area contributed by atoms with Crippen LogP contribution in [0, 0.1) is 0 Å². The van der Waals surface area contributed by atoms with Crippen LogP contribution in [0.1, 0.15) is 23.6 Å². The van der Waals surface area contributed by atoms with Crippen molar-refractivity contribution in [3.8, 4) is 0 Å². The fraction of sp³-hybridized carbons (Fsp3) is 0.333. The van der Waals surface area contributed by atoms with Crippen molar-refractivity contribution in [1.29, 1.82) is 0 Å². The van der Waals surface area contributed by atoms with E-state index < -0.39 is 12.1 Å². The van der Waals surface area contributed by atoms with E-state index in [1.54, 1.807) is 0 Å². The van der Waals surface area contributed by atoms with E-state index >= 15 is 0 Å². The van der Waals surface area contributed by atoms with Gasteiger partial charge in [0.2, 0.25) is 11.8 Å². The van der Waals surface area contributed by atoms with Crippen LogP contribution in [0.15, 0.2) is 60.7 Å². The fourth-order valence-electron chi connectivity index (χ4n) is 3.40. The third-order valence-electron chi connectivity index (χ3n) is 4.71. The lowest BCUT2D eigenvalue weighted by Gasteiger charge is -2.25. The molecule has 0 aromatic heterocycles. The number of hydrogen-bond acceptors (Lipinski definition) is 3. The van der Waals surface area contributed by atoms with Gasteiger partial charge in [0.25, 0.3) is 0 Å². The number of nitrogens with zero attached hydrogens (tertiary/aromatic N) is 2. The maximum absolute atomic E-state index is 12.8. The summed E-state index contributed by atoms with van der Waals surface area (Å²) in [5, 5.41) is 2.95. The molecular formula is C21H25N3O2. The molecule has 2 atom stereocenters. The molecule has 5 heteroatoms. The molecule has 136 valence electrons. The van der Waals surface area contributed by atoms with Gasteiger partial charge in [-0.25, -0.2) is 0 Å². The number of likely N-dealkylation sites (tertiary alicyclic amines) is 1. The molecule has 2 aromatic rings. The zero-order chi connectivity index (χ0) is 18.5. The van der Waals surface area contributed by atoms with Crippen molar-refractivity contribution < 1.29 is 9.59 Å². The molecule has 1 fully saturated rings. The van der Waals surface area contributed by atoms with Gasteiger partial charge in [0.1, 0.15) is 12.1 Å². The number of carbonyl (C=O) groups is 2. The minimum atomic E-state index is -0.447. The highest BCUT2D eigenvalue weighted by Gasteiger charge is 2.34. The standard InChI is InChI=1S/C21H25N3O2/c1-23(2)19(17-11-7-4-8-12-17)20(25)22-18-13-14-24(21(18)26)15-16-9-5-3-6-10-16/h3-12,18-19H,13-15H2,1-2H3,(H,22,25). The molecular weight excluding hydrogens is 326 g/mol. The van der Waals surface area contributed by atoms with Crippen molar-refractivity contribution in [2.24, 2.45) is 0 Å². The first-order chi connectivity index (χ1) is 12.6. The normalized spacial score (nSPS) is 18.2. The van der Waals surface area contributed by atoms with Gasteiger partial charge in [-0.3, -0.25) is 14.5 Å². The van der Waals surface area contributed by atoms with E-state index in [4.69, 9.17) is 0 Å². The molecule has 3 rings (SSSR count). The topological polar surface area (TPSA) is 52.7 Å². The van der Waals surface area contributed by atoms with Crippen molar-refractivity contribution in [2.45, 2.75) is 25.0 Å². The maximum atomic E-state index is 12.8. The smallest absolute Gasteiger partial charge is 0.245 e. The van der Waals surface area contributed by atoms with Crippen molar-refractivity contribution >= 4 is 11.8 Å². The molecule has 0 radical (unpaired) electrons. The summed E-state index contributed by atoms with van der Waals surface area (Å²) in [5.74, 6) is -0.145. The molecule has 1 aliphatic rings. The summed E-state index contributed by atoms with van der Waals surface area (Å²) in [7, 11) is 3.74. The first-order valence-corrected chi connectivity index (χ1v) is 8.90. The highest BCUT2D eigenvalue weighted by atomic mass is 16.2. The number of rotatable bonds is 6. The number of carbonyl (C=O) groups excluding carboxylic acids is 2. The Bertz CT molecular complexity index is 746. The second kappa shape index (κ2) is 8.15. The van der Waals surface area contributed by atoms with E-state index in [1.165, 1.54) is 0 Å². The van der Waals surface area contributed by atoms with Crippen molar-refractivity contribution in [3.05, 3.63) is 71.8 Å². The molecule has 26 heavy (non-hydrogen) atoms. The summed E-state index contributed by atoms with van der Waals surface area (Å²) in [6.45, 7) is 1.25. The van der Waals surface area contributed by atoms with Crippen LogP contribution in [0.5, 0.6) is 0 Å². The Balaban J connectivity index is 1.65. The maximum Gasteiger partial charge on any atom is 0.245 e. The molecule has 0 bridgehead atoms. The van der Waals surface area contributed by atoms with Crippen molar-refractivity contribution in [3.63, 3.8) is 0 Å². The Kier molecular flexibility index (Phi) is 5.68. The predicted molar refractivity (Wildman–Crippen MR) is 101 cm³/mol. The highest BCUT2D eigenvalue weighted by molar-refractivity contribution is 5.91. The number of hydrogen-bond donors (Lipinski definition) is 1. The third kappa shape index (κ3) is 4.11. The molecule has 1 aliphatic heterocycles. The van der Waals surface area contributed by atoms with E-state index in [0.717, 1.165) is 11.1 Å². The van der Waals surface area contributed by atoms with Crippen LogP contribution in [0.25, 0.3) is 0 Å². The third-order valence-corrected chi connectivity index (χ3v) is 4.71. The zero-order valence-electron chi connectivity index (χ0n) is 15.3. The van der Waals surface area contributed by atoms with Gasteiger partial charge in [0.15, 0.2) is 0 Å². The average Bonchev–Trinajstić information content (AvgIpc) is 2.97. The summed E-state index contributed by atoms with van der Waals surface area (Å²) < 4.78 is 0. The fourth-order valence-corrected chi connectivity index (χ4v) is 3.40. The molecule has 1 N–H and O–H groups in total. The van der Waals surface area contributed by atoms with E-state index in [1.807, 2.05) is 84.6 Å². The minimum absolute atomic E-state index is 0.00669. The molecule has 0 saturated carbocycles. The molecule has 2 unspecified atom stereocenters. The second-order valence-corrected chi connectivity index (χ2v) is 6.87. The lowest BCUT2D eigenvalue weighted by Crippen LogP contribution is -2.45. The van der Waals surface area contributed by atoms with Gasteiger partial charge in [0.05, 0.1) is 0 Å². The largest absolute Gasteiger partial charge is 0.343 e. The molecule has 0 aliphatic carbocycles. The van der Waals surface area contributed by atoms with Gasteiger partial charge in [-0.1, -0.05) is 60.7 Å². The molecule has 0 spiro atoms. The minimum Gasteiger partial charge on any atom is -0.343 e. The Hall–Kier alpha value is -2.66. The monoisotopic (exact) mass is 351 g/mol. The highest BCUT2D eigenvalue weighted by Crippen LogP contribution is 2.20. The van der Waals surface area contributed by atoms with Gasteiger partial charge in [-0.05, 0) is 31.6 Å². The van der Waals surface area contributed by atoms with Crippen LogP contribution in [0.3, 0.4) is 0 Å². The van der Waals surface area contributed by atoms with Gasteiger partial charge in [-0.2, -0.15) is 0 Å². The Labute approximate surface area is 154 Å². The van der Waals surface area contributed by atoms with Gasteiger partial charge in [0, 0.05) is 13.1 Å². The van der Waals surface area contributed by atoms with Crippen LogP contribution in [0.4, 0.5) is 0 Å².